The van der Waals surface area contributed by atoms with Crippen LogP contribution in [0, 0.1) is 11.8 Å². The Balaban J connectivity index is 1.51. The van der Waals surface area contributed by atoms with E-state index < -0.39 is 0 Å². The minimum atomic E-state index is -0.165. The van der Waals surface area contributed by atoms with Crippen molar-refractivity contribution in [3.8, 4) is 0 Å². The molecule has 0 bridgehead atoms. The van der Waals surface area contributed by atoms with Gasteiger partial charge >= 0.3 is 6.03 Å². The van der Waals surface area contributed by atoms with Crippen LogP contribution in [-0.2, 0) is 0 Å². The molecular weight excluding hydrogens is 400 g/mol. The van der Waals surface area contributed by atoms with Gasteiger partial charge in [-0.15, -0.1) is 0 Å². The highest BCUT2D eigenvalue weighted by molar-refractivity contribution is 6.02. The van der Waals surface area contributed by atoms with Crippen LogP contribution in [0.2, 0.25) is 0 Å². The molecule has 1 aromatic rings. The molecule has 0 radical (unpaired) electrons. The molecule has 3 fully saturated rings. The number of nitrogens with zero attached hydrogens (tertiary/aromatic N) is 2. The summed E-state index contributed by atoms with van der Waals surface area (Å²) >= 11 is 0. The lowest BCUT2D eigenvalue weighted by Crippen LogP contribution is -2.40. The van der Waals surface area contributed by atoms with Crippen molar-refractivity contribution >= 4 is 23.3 Å². The van der Waals surface area contributed by atoms with Gasteiger partial charge in [0.1, 0.15) is 0 Å². The third-order valence-corrected chi connectivity index (χ3v) is 7.62. The van der Waals surface area contributed by atoms with Gasteiger partial charge in [0.15, 0.2) is 0 Å². The summed E-state index contributed by atoms with van der Waals surface area (Å²) in [4.78, 5) is 30.5. The first kappa shape index (κ1) is 22.9. The highest BCUT2D eigenvalue weighted by atomic mass is 16.2. The van der Waals surface area contributed by atoms with E-state index in [0.29, 0.717) is 11.6 Å². The van der Waals surface area contributed by atoms with E-state index in [2.05, 4.69) is 29.4 Å². The lowest BCUT2D eigenvalue weighted by Gasteiger charge is -2.35. The van der Waals surface area contributed by atoms with Gasteiger partial charge < -0.3 is 20.4 Å². The second-order valence-electron chi connectivity index (χ2n) is 10.3. The molecule has 0 spiro atoms. The molecule has 0 unspecified atom stereocenters. The van der Waals surface area contributed by atoms with Crippen LogP contribution < -0.4 is 15.5 Å². The summed E-state index contributed by atoms with van der Waals surface area (Å²) in [7, 11) is 0. The van der Waals surface area contributed by atoms with Crippen molar-refractivity contribution in [2.75, 3.05) is 36.4 Å². The average molecular weight is 441 g/mol. The Morgan fingerprint density at radius 1 is 0.844 bits per heavy atom. The standard InChI is InChI=1S/C26H40N4O2/c1-19-10-14-29(15-11-19)24-9-8-22(28-26(32)27-21-6-4-3-5-7-21)18-23(24)25(31)30-16-12-20(2)13-17-30/h8-9,18-21H,3-7,10-17H2,1-2H3,(H2,27,28,32). The molecule has 2 heterocycles. The lowest BCUT2D eigenvalue weighted by molar-refractivity contribution is 0.0697. The van der Waals surface area contributed by atoms with E-state index in [4.69, 9.17) is 0 Å². The van der Waals surface area contributed by atoms with Crippen molar-refractivity contribution in [3.63, 3.8) is 0 Å². The summed E-state index contributed by atoms with van der Waals surface area (Å²) in [6.07, 6.45) is 10.2. The molecule has 2 N–H and O–H groups in total. The van der Waals surface area contributed by atoms with Crippen molar-refractivity contribution in [1.29, 1.82) is 0 Å². The van der Waals surface area contributed by atoms with E-state index in [0.717, 1.165) is 81.9 Å². The molecule has 3 amide bonds. The Kier molecular flexibility index (Phi) is 7.59. The van der Waals surface area contributed by atoms with E-state index in [9.17, 15) is 9.59 Å². The fraction of sp³-hybridized carbons (Fsp3) is 0.692. The maximum atomic E-state index is 13.6. The van der Waals surface area contributed by atoms with Gasteiger partial charge in [0.25, 0.3) is 5.91 Å². The van der Waals surface area contributed by atoms with Crippen LogP contribution in [0.3, 0.4) is 0 Å². The quantitative estimate of drug-likeness (QED) is 0.672. The Hall–Kier alpha value is -2.24. The zero-order valence-corrected chi connectivity index (χ0v) is 19.9. The lowest BCUT2D eigenvalue weighted by atomic mass is 9.96. The maximum absolute atomic E-state index is 13.6. The van der Waals surface area contributed by atoms with Gasteiger partial charge in [0.2, 0.25) is 0 Å². The molecule has 32 heavy (non-hydrogen) atoms. The van der Waals surface area contributed by atoms with Gasteiger partial charge in [-0.05, 0) is 68.6 Å². The third-order valence-electron chi connectivity index (χ3n) is 7.62. The molecule has 0 aromatic heterocycles. The van der Waals surface area contributed by atoms with E-state index in [1.807, 2.05) is 23.1 Å². The first-order valence-electron chi connectivity index (χ1n) is 12.8. The third kappa shape index (κ3) is 5.76. The van der Waals surface area contributed by atoms with Gasteiger partial charge in [-0.3, -0.25) is 4.79 Å². The van der Waals surface area contributed by atoms with Crippen molar-refractivity contribution in [2.24, 2.45) is 11.8 Å². The van der Waals surface area contributed by atoms with Gasteiger partial charge in [-0.2, -0.15) is 0 Å². The van der Waals surface area contributed by atoms with Crippen molar-refractivity contribution in [3.05, 3.63) is 23.8 Å². The normalized spacial score (nSPS) is 21.4. The minimum absolute atomic E-state index is 0.0989. The number of rotatable bonds is 4. The first-order valence-corrected chi connectivity index (χ1v) is 12.8. The van der Waals surface area contributed by atoms with Gasteiger partial charge in [-0.25, -0.2) is 4.79 Å². The average Bonchev–Trinajstić information content (AvgIpc) is 2.80. The highest BCUT2D eigenvalue weighted by Gasteiger charge is 2.27. The smallest absolute Gasteiger partial charge is 0.319 e. The number of amides is 3. The number of hydrogen-bond acceptors (Lipinski definition) is 3. The topological polar surface area (TPSA) is 64.7 Å². The largest absolute Gasteiger partial charge is 0.371 e. The van der Waals surface area contributed by atoms with Crippen LogP contribution in [0.25, 0.3) is 0 Å². The molecule has 1 saturated carbocycles. The molecule has 176 valence electrons. The van der Waals surface area contributed by atoms with Crippen LogP contribution in [0.5, 0.6) is 0 Å². The summed E-state index contributed by atoms with van der Waals surface area (Å²) in [6, 6.07) is 5.97. The molecule has 0 atom stereocenters. The second-order valence-corrected chi connectivity index (χ2v) is 10.3. The molecular formula is C26H40N4O2. The molecule has 1 aliphatic carbocycles. The van der Waals surface area contributed by atoms with Crippen LogP contribution in [-0.4, -0.2) is 49.1 Å². The Morgan fingerprint density at radius 3 is 2.12 bits per heavy atom. The van der Waals surface area contributed by atoms with Gasteiger partial charge in [-0.1, -0.05) is 33.1 Å². The number of hydrogen-bond donors (Lipinski definition) is 2. The van der Waals surface area contributed by atoms with Crippen LogP contribution >= 0.6 is 0 Å². The summed E-state index contributed by atoms with van der Waals surface area (Å²) in [5.41, 5.74) is 2.43. The van der Waals surface area contributed by atoms with E-state index >= 15 is 0 Å². The Morgan fingerprint density at radius 2 is 1.47 bits per heavy atom. The number of likely N-dealkylation sites (tertiary alicyclic amines) is 1. The Labute approximate surface area is 193 Å². The zero-order chi connectivity index (χ0) is 22.5. The fourth-order valence-electron chi connectivity index (χ4n) is 5.29. The summed E-state index contributed by atoms with van der Waals surface area (Å²) in [5.74, 6) is 1.51. The number of carbonyl (C=O) groups excluding carboxylic acids is 2. The van der Waals surface area contributed by atoms with Gasteiger partial charge in [0.05, 0.1) is 5.56 Å². The number of urea groups is 1. The number of nitrogens with one attached hydrogen (secondary N) is 2. The molecule has 1 aromatic carbocycles. The monoisotopic (exact) mass is 440 g/mol. The zero-order valence-electron chi connectivity index (χ0n) is 19.9. The summed E-state index contributed by atoms with van der Waals surface area (Å²) < 4.78 is 0. The van der Waals surface area contributed by atoms with Crippen molar-refractivity contribution in [2.45, 2.75) is 77.7 Å². The molecule has 4 rings (SSSR count). The Bertz CT molecular complexity index is 789. The highest BCUT2D eigenvalue weighted by Crippen LogP contribution is 2.31. The van der Waals surface area contributed by atoms with Crippen molar-refractivity contribution in [1.82, 2.24) is 10.2 Å². The van der Waals surface area contributed by atoms with Gasteiger partial charge in [0, 0.05) is 43.6 Å². The SMILES string of the molecule is CC1CCN(C(=O)c2cc(NC(=O)NC3CCCCC3)ccc2N2CCC(C)CC2)CC1. The van der Waals surface area contributed by atoms with Crippen LogP contribution in [0.1, 0.15) is 82.0 Å². The van der Waals surface area contributed by atoms with E-state index in [1.165, 1.54) is 19.3 Å². The minimum Gasteiger partial charge on any atom is -0.371 e. The summed E-state index contributed by atoms with van der Waals surface area (Å²) in [6.45, 7) is 8.15. The van der Waals surface area contributed by atoms with Crippen molar-refractivity contribution < 1.29 is 9.59 Å². The molecule has 6 nitrogen and oxygen atoms in total. The molecule has 2 aliphatic heterocycles. The number of piperidine rings is 2. The molecule has 6 heteroatoms. The molecule has 3 aliphatic rings. The number of anilines is 2. The number of benzene rings is 1. The predicted molar refractivity (Wildman–Crippen MR) is 130 cm³/mol. The van der Waals surface area contributed by atoms with Crippen LogP contribution in [0.4, 0.5) is 16.2 Å². The molecule has 2 saturated heterocycles. The number of carbonyl (C=O) groups is 2. The fourth-order valence-corrected chi connectivity index (χ4v) is 5.29. The van der Waals surface area contributed by atoms with E-state index in [1.54, 1.807) is 0 Å². The predicted octanol–water partition coefficient (Wildman–Crippen LogP) is 5.25. The van der Waals surface area contributed by atoms with Crippen LogP contribution in [0.15, 0.2) is 18.2 Å². The first-order chi connectivity index (χ1) is 15.5. The maximum Gasteiger partial charge on any atom is 0.319 e. The second kappa shape index (κ2) is 10.6. The summed E-state index contributed by atoms with van der Waals surface area (Å²) in [5, 5.41) is 6.10. The van der Waals surface area contributed by atoms with E-state index in [-0.39, 0.29) is 18.0 Å².